The molecule has 0 bridgehead atoms. The second-order valence-corrected chi connectivity index (χ2v) is 8.65. The number of amides is 2. The molecule has 0 saturated carbocycles. The number of carbonyl (C=O) groups excluding carboxylic acids is 2. The molecular weight excluding hydrogens is 388 g/mol. The smallest absolute Gasteiger partial charge is 0.253 e. The standard InChI is InChI=1S/C20H22N6O2S/c27-18(11-15-4-7-21-22-15)25-8-1-5-20(12-25)6-9-26(13-20)19(28)14-2-3-16-17(10-14)24-29-23-16/h2-4,7,10H,1,5-6,8-9,11-13H2,(H,21,22). The number of hydrogen-bond acceptors (Lipinski definition) is 6. The monoisotopic (exact) mass is 410 g/mol. The first-order valence-corrected chi connectivity index (χ1v) is 10.6. The zero-order valence-electron chi connectivity index (χ0n) is 16.0. The third kappa shape index (κ3) is 3.50. The summed E-state index contributed by atoms with van der Waals surface area (Å²) in [4.78, 5) is 29.7. The van der Waals surface area contributed by atoms with Gasteiger partial charge in [-0.1, -0.05) is 0 Å². The van der Waals surface area contributed by atoms with Gasteiger partial charge in [0, 0.05) is 49.0 Å². The minimum Gasteiger partial charge on any atom is -0.342 e. The van der Waals surface area contributed by atoms with Gasteiger partial charge in [0.25, 0.3) is 5.91 Å². The topological polar surface area (TPSA) is 95.1 Å². The summed E-state index contributed by atoms with van der Waals surface area (Å²) >= 11 is 1.16. The number of piperidine rings is 1. The van der Waals surface area contributed by atoms with Gasteiger partial charge >= 0.3 is 0 Å². The Bertz CT molecular complexity index is 1050. The predicted molar refractivity (Wildman–Crippen MR) is 108 cm³/mol. The van der Waals surface area contributed by atoms with E-state index < -0.39 is 0 Å². The molecule has 1 aromatic carbocycles. The Labute approximate surface area is 172 Å². The van der Waals surface area contributed by atoms with Gasteiger partial charge in [-0.15, -0.1) is 0 Å². The lowest BCUT2D eigenvalue weighted by Crippen LogP contribution is -2.48. The quantitative estimate of drug-likeness (QED) is 0.714. The van der Waals surface area contributed by atoms with Crippen LogP contribution < -0.4 is 0 Å². The van der Waals surface area contributed by atoms with E-state index in [1.807, 2.05) is 34.1 Å². The second kappa shape index (κ2) is 7.22. The molecule has 2 amide bonds. The summed E-state index contributed by atoms with van der Waals surface area (Å²) < 4.78 is 8.44. The number of fused-ring (bicyclic) bond motifs is 1. The predicted octanol–water partition coefficient (Wildman–Crippen LogP) is 2.11. The van der Waals surface area contributed by atoms with E-state index in [-0.39, 0.29) is 17.2 Å². The molecule has 5 rings (SSSR count). The van der Waals surface area contributed by atoms with Gasteiger partial charge in [0.2, 0.25) is 5.91 Å². The molecule has 9 heteroatoms. The number of benzene rings is 1. The average molecular weight is 411 g/mol. The number of H-pyrrole nitrogens is 1. The normalized spacial score (nSPS) is 21.9. The van der Waals surface area contributed by atoms with E-state index in [1.54, 1.807) is 6.20 Å². The van der Waals surface area contributed by atoms with Crippen LogP contribution in [0.5, 0.6) is 0 Å². The van der Waals surface area contributed by atoms with Crippen LogP contribution in [-0.2, 0) is 11.2 Å². The molecule has 1 unspecified atom stereocenters. The van der Waals surface area contributed by atoms with Gasteiger partial charge in [0.15, 0.2) is 0 Å². The van der Waals surface area contributed by atoms with Crippen molar-refractivity contribution in [3.8, 4) is 0 Å². The third-order valence-corrected chi connectivity index (χ3v) is 6.70. The number of rotatable bonds is 3. The van der Waals surface area contributed by atoms with Crippen LogP contribution in [-0.4, -0.2) is 66.7 Å². The summed E-state index contributed by atoms with van der Waals surface area (Å²) in [5.41, 5.74) is 3.09. The minimum atomic E-state index is 0.00381. The maximum atomic E-state index is 13.1. The van der Waals surface area contributed by atoms with Crippen molar-refractivity contribution in [2.24, 2.45) is 5.41 Å². The summed E-state index contributed by atoms with van der Waals surface area (Å²) in [6.45, 7) is 2.94. The van der Waals surface area contributed by atoms with Crippen molar-refractivity contribution in [3.63, 3.8) is 0 Å². The van der Waals surface area contributed by atoms with Crippen LogP contribution in [0.3, 0.4) is 0 Å². The van der Waals surface area contributed by atoms with Crippen molar-refractivity contribution in [2.75, 3.05) is 26.2 Å². The van der Waals surface area contributed by atoms with E-state index in [4.69, 9.17) is 0 Å². The number of aromatic amines is 1. The summed E-state index contributed by atoms with van der Waals surface area (Å²) in [6.07, 6.45) is 4.99. The first kappa shape index (κ1) is 18.2. The van der Waals surface area contributed by atoms with E-state index in [2.05, 4.69) is 18.9 Å². The number of nitrogens with one attached hydrogen (secondary N) is 1. The zero-order chi connectivity index (χ0) is 19.8. The molecule has 0 aliphatic carbocycles. The number of nitrogens with zero attached hydrogens (tertiary/aromatic N) is 5. The number of hydrogen-bond donors (Lipinski definition) is 1. The van der Waals surface area contributed by atoms with Crippen molar-refractivity contribution in [1.82, 2.24) is 28.7 Å². The van der Waals surface area contributed by atoms with Crippen molar-refractivity contribution in [3.05, 3.63) is 41.7 Å². The van der Waals surface area contributed by atoms with E-state index >= 15 is 0 Å². The molecule has 2 aliphatic heterocycles. The highest BCUT2D eigenvalue weighted by Crippen LogP contribution is 2.39. The van der Waals surface area contributed by atoms with E-state index in [0.717, 1.165) is 67.4 Å². The van der Waals surface area contributed by atoms with Gasteiger partial charge in [0.1, 0.15) is 11.0 Å². The van der Waals surface area contributed by atoms with Crippen molar-refractivity contribution in [1.29, 1.82) is 0 Å². The highest BCUT2D eigenvalue weighted by Gasteiger charge is 2.43. The molecule has 150 valence electrons. The fourth-order valence-corrected chi connectivity index (χ4v) is 5.14. The molecule has 2 aliphatic rings. The van der Waals surface area contributed by atoms with Gasteiger partial charge in [-0.25, -0.2) is 0 Å². The lowest BCUT2D eigenvalue weighted by Gasteiger charge is -2.40. The van der Waals surface area contributed by atoms with Crippen LogP contribution in [0.25, 0.3) is 11.0 Å². The molecule has 1 N–H and O–H groups in total. The van der Waals surface area contributed by atoms with E-state index in [0.29, 0.717) is 18.5 Å². The zero-order valence-corrected chi connectivity index (χ0v) is 16.8. The first-order chi connectivity index (χ1) is 14.1. The fraction of sp³-hybridized carbons (Fsp3) is 0.450. The molecule has 4 heterocycles. The van der Waals surface area contributed by atoms with E-state index in [1.165, 1.54) is 0 Å². The number of aromatic nitrogens is 4. The van der Waals surface area contributed by atoms with Crippen LogP contribution in [0.15, 0.2) is 30.5 Å². The molecule has 1 spiro atoms. The highest BCUT2D eigenvalue weighted by atomic mass is 32.1. The lowest BCUT2D eigenvalue weighted by molar-refractivity contribution is -0.133. The van der Waals surface area contributed by atoms with Crippen LogP contribution in [0.4, 0.5) is 0 Å². The van der Waals surface area contributed by atoms with Crippen molar-refractivity contribution in [2.45, 2.75) is 25.7 Å². The van der Waals surface area contributed by atoms with E-state index in [9.17, 15) is 9.59 Å². The average Bonchev–Trinajstić information content (AvgIpc) is 3.48. The van der Waals surface area contributed by atoms with Crippen molar-refractivity contribution < 1.29 is 9.59 Å². The second-order valence-electron chi connectivity index (χ2n) is 8.12. The number of likely N-dealkylation sites (tertiary alicyclic amines) is 2. The van der Waals surface area contributed by atoms with Gasteiger partial charge < -0.3 is 9.80 Å². The SMILES string of the molecule is O=C(Cc1ccn[nH]1)N1CCCC2(CCN(C(=O)c3ccc4nsnc4c3)C2)C1. The largest absolute Gasteiger partial charge is 0.342 e. The summed E-state index contributed by atoms with van der Waals surface area (Å²) in [5, 5.41) is 6.78. The molecular formula is C20H22N6O2S. The van der Waals surface area contributed by atoms with Gasteiger partial charge in [-0.2, -0.15) is 13.8 Å². The fourth-order valence-electron chi connectivity index (χ4n) is 4.62. The maximum absolute atomic E-state index is 13.1. The molecule has 2 fully saturated rings. The molecule has 3 aromatic rings. The Morgan fingerprint density at radius 2 is 1.93 bits per heavy atom. The Balaban J connectivity index is 1.27. The van der Waals surface area contributed by atoms with Crippen LogP contribution in [0.2, 0.25) is 0 Å². The van der Waals surface area contributed by atoms with Crippen LogP contribution in [0.1, 0.15) is 35.3 Å². The molecule has 29 heavy (non-hydrogen) atoms. The maximum Gasteiger partial charge on any atom is 0.253 e. The lowest BCUT2D eigenvalue weighted by atomic mass is 9.79. The Morgan fingerprint density at radius 1 is 1.07 bits per heavy atom. The van der Waals surface area contributed by atoms with Gasteiger partial charge in [0.05, 0.1) is 18.1 Å². The van der Waals surface area contributed by atoms with Crippen LogP contribution >= 0.6 is 11.7 Å². The van der Waals surface area contributed by atoms with Gasteiger partial charge in [-0.05, 0) is 43.5 Å². The minimum absolute atomic E-state index is 0.00381. The molecule has 1 atom stereocenters. The molecule has 0 radical (unpaired) electrons. The van der Waals surface area contributed by atoms with Crippen molar-refractivity contribution >= 4 is 34.6 Å². The Hall–Kier alpha value is -2.81. The van der Waals surface area contributed by atoms with Crippen LogP contribution in [0, 0.1) is 5.41 Å². The summed E-state index contributed by atoms with van der Waals surface area (Å²) in [7, 11) is 0. The third-order valence-electron chi connectivity index (χ3n) is 6.14. The molecule has 2 saturated heterocycles. The molecule has 2 aromatic heterocycles. The van der Waals surface area contributed by atoms with Gasteiger partial charge in [-0.3, -0.25) is 14.7 Å². The Kier molecular flexibility index (Phi) is 4.54. The molecule has 8 nitrogen and oxygen atoms in total. The summed E-state index contributed by atoms with van der Waals surface area (Å²) in [6, 6.07) is 7.35. The Morgan fingerprint density at radius 3 is 2.79 bits per heavy atom. The number of carbonyl (C=O) groups is 2. The summed E-state index contributed by atoms with van der Waals surface area (Å²) in [5.74, 6) is 0.164. The first-order valence-electron chi connectivity index (χ1n) is 9.90. The highest BCUT2D eigenvalue weighted by molar-refractivity contribution is 7.00.